The third-order valence-electron chi connectivity index (χ3n) is 5.37. The molecule has 154 valence electrons. The molecular formula is C28H30O2. The van der Waals surface area contributed by atoms with E-state index in [1.807, 2.05) is 18.2 Å². The van der Waals surface area contributed by atoms with Crippen molar-refractivity contribution in [2.45, 2.75) is 48.5 Å². The van der Waals surface area contributed by atoms with Gasteiger partial charge in [0.2, 0.25) is 0 Å². The van der Waals surface area contributed by atoms with Crippen molar-refractivity contribution < 1.29 is 9.53 Å². The Morgan fingerprint density at radius 3 is 1.53 bits per heavy atom. The Bertz CT molecular complexity index is 1090. The molecule has 30 heavy (non-hydrogen) atoms. The molecule has 0 N–H and O–H groups in total. The second kappa shape index (κ2) is 8.71. The van der Waals surface area contributed by atoms with Gasteiger partial charge in [-0.1, -0.05) is 65.7 Å². The molecule has 0 atom stereocenters. The van der Waals surface area contributed by atoms with Crippen LogP contribution in [0.1, 0.15) is 57.0 Å². The Hall–Kier alpha value is -3.13. The van der Waals surface area contributed by atoms with Gasteiger partial charge in [0.25, 0.3) is 0 Å². The Balaban J connectivity index is 2.51. The maximum absolute atomic E-state index is 12.3. The number of esters is 1. The molecule has 0 fully saturated rings. The molecule has 3 rings (SSSR count). The van der Waals surface area contributed by atoms with Gasteiger partial charge in [-0.25, -0.2) is 0 Å². The Morgan fingerprint density at radius 2 is 1.10 bits per heavy atom. The Labute approximate surface area is 180 Å². The zero-order valence-corrected chi connectivity index (χ0v) is 19.0. The van der Waals surface area contributed by atoms with Crippen molar-refractivity contribution in [3.05, 3.63) is 105 Å². The van der Waals surface area contributed by atoms with E-state index in [0.29, 0.717) is 5.76 Å². The van der Waals surface area contributed by atoms with Crippen molar-refractivity contribution in [3.8, 4) is 0 Å². The molecule has 3 aromatic rings. The van der Waals surface area contributed by atoms with Gasteiger partial charge in [-0.05, 0) is 74.9 Å². The topological polar surface area (TPSA) is 26.3 Å². The quantitative estimate of drug-likeness (QED) is 0.268. The van der Waals surface area contributed by atoms with Crippen molar-refractivity contribution in [2.24, 2.45) is 0 Å². The third kappa shape index (κ3) is 4.38. The Kier molecular flexibility index (Phi) is 6.26. The number of carbonyl (C=O) groups excluding carboxylic acids is 1. The van der Waals surface area contributed by atoms with Crippen molar-refractivity contribution >= 4 is 17.3 Å². The molecule has 2 nitrogen and oxygen atoms in total. The molecule has 0 aliphatic carbocycles. The normalized spacial score (nSPS) is 11.8. The van der Waals surface area contributed by atoms with E-state index in [9.17, 15) is 4.79 Å². The van der Waals surface area contributed by atoms with E-state index in [0.717, 1.165) is 33.4 Å². The second-order valence-corrected chi connectivity index (χ2v) is 8.21. The summed E-state index contributed by atoms with van der Waals surface area (Å²) in [5, 5.41) is 0. The van der Waals surface area contributed by atoms with E-state index in [1.54, 1.807) is 0 Å². The average Bonchev–Trinajstić information content (AvgIpc) is 2.63. The highest BCUT2D eigenvalue weighted by molar-refractivity contribution is 6.01. The lowest BCUT2D eigenvalue weighted by Crippen LogP contribution is -2.08. The molecule has 0 unspecified atom stereocenters. The van der Waals surface area contributed by atoms with Gasteiger partial charge < -0.3 is 4.74 Å². The van der Waals surface area contributed by atoms with E-state index < -0.39 is 0 Å². The van der Waals surface area contributed by atoms with Crippen LogP contribution in [0.25, 0.3) is 11.3 Å². The summed E-state index contributed by atoms with van der Waals surface area (Å²) in [6, 6.07) is 18.9. The maximum Gasteiger partial charge on any atom is 0.308 e. The standard InChI is InChI=1S/C28H30O2/c1-17-13-19(3)25(20(4)14-17)27(24-11-9-8-10-12-24)28(30-23(7)29)26-21(5)15-18(2)16-22(26)6/h8-16H,1-7H3/b28-27-. The lowest BCUT2D eigenvalue weighted by Gasteiger charge is -2.22. The van der Waals surface area contributed by atoms with E-state index in [2.05, 4.69) is 77.9 Å². The molecule has 0 bridgehead atoms. The number of benzene rings is 3. The molecule has 0 radical (unpaired) electrons. The van der Waals surface area contributed by atoms with Crippen molar-refractivity contribution in [1.82, 2.24) is 0 Å². The maximum atomic E-state index is 12.3. The van der Waals surface area contributed by atoms with Crippen molar-refractivity contribution in [3.63, 3.8) is 0 Å². The first-order chi connectivity index (χ1) is 14.2. The lowest BCUT2D eigenvalue weighted by molar-refractivity contribution is -0.134. The van der Waals surface area contributed by atoms with Crippen LogP contribution in [0.4, 0.5) is 0 Å². The minimum atomic E-state index is -0.319. The molecule has 2 heteroatoms. The fourth-order valence-electron chi connectivity index (χ4n) is 4.48. The van der Waals surface area contributed by atoms with Crippen LogP contribution in [-0.4, -0.2) is 5.97 Å². The molecule has 0 aromatic heterocycles. The zero-order valence-electron chi connectivity index (χ0n) is 19.0. The molecule has 3 aromatic carbocycles. The Morgan fingerprint density at radius 1 is 0.667 bits per heavy atom. The molecule has 0 aliphatic rings. The number of ether oxygens (including phenoxy) is 1. The van der Waals surface area contributed by atoms with Crippen LogP contribution in [0, 0.1) is 41.5 Å². The summed E-state index contributed by atoms with van der Waals surface area (Å²) in [6.07, 6.45) is 0. The number of hydrogen-bond acceptors (Lipinski definition) is 2. The van der Waals surface area contributed by atoms with Crippen LogP contribution in [0.5, 0.6) is 0 Å². The molecule has 0 saturated heterocycles. The molecule has 0 saturated carbocycles. The van der Waals surface area contributed by atoms with Gasteiger partial charge in [0.05, 0.1) is 0 Å². The van der Waals surface area contributed by atoms with Crippen LogP contribution in [0.3, 0.4) is 0 Å². The highest BCUT2D eigenvalue weighted by atomic mass is 16.5. The summed E-state index contributed by atoms with van der Waals surface area (Å²) in [5.41, 5.74) is 11.0. The van der Waals surface area contributed by atoms with Gasteiger partial charge in [-0.15, -0.1) is 0 Å². The van der Waals surface area contributed by atoms with E-state index >= 15 is 0 Å². The van der Waals surface area contributed by atoms with Crippen LogP contribution in [-0.2, 0) is 9.53 Å². The molecule has 0 amide bonds. The van der Waals surface area contributed by atoms with Crippen LogP contribution in [0.15, 0.2) is 54.6 Å². The smallest absolute Gasteiger partial charge is 0.308 e. The van der Waals surface area contributed by atoms with Crippen LogP contribution >= 0.6 is 0 Å². The van der Waals surface area contributed by atoms with Gasteiger partial charge in [0.15, 0.2) is 0 Å². The number of carbonyl (C=O) groups is 1. The van der Waals surface area contributed by atoms with Crippen molar-refractivity contribution in [1.29, 1.82) is 0 Å². The predicted molar refractivity (Wildman–Crippen MR) is 125 cm³/mol. The van der Waals surface area contributed by atoms with Crippen molar-refractivity contribution in [2.75, 3.05) is 0 Å². The lowest BCUT2D eigenvalue weighted by atomic mass is 9.85. The summed E-state index contributed by atoms with van der Waals surface area (Å²) in [5.74, 6) is 0.305. The first-order valence-corrected chi connectivity index (χ1v) is 10.3. The summed E-state index contributed by atoms with van der Waals surface area (Å²) < 4.78 is 5.99. The number of aryl methyl sites for hydroxylation is 6. The first kappa shape index (κ1) is 21.6. The van der Waals surface area contributed by atoms with Gasteiger partial charge in [0.1, 0.15) is 5.76 Å². The molecule has 0 heterocycles. The third-order valence-corrected chi connectivity index (χ3v) is 5.37. The van der Waals surface area contributed by atoms with Crippen LogP contribution in [0.2, 0.25) is 0 Å². The number of rotatable bonds is 4. The van der Waals surface area contributed by atoms with E-state index in [-0.39, 0.29) is 5.97 Å². The van der Waals surface area contributed by atoms with Gasteiger partial charge in [-0.3, -0.25) is 4.79 Å². The highest BCUT2D eigenvalue weighted by Crippen LogP contribution is 2.39. The summed E-state index contributed by atoms with van der Waals surface area (Å²) in [4.78, 5) is 12.3. The SMILES string of the molecule is CC(=O)O/C(=C(/c1ccccc1)c1c(C)cc(C)cc1C)c1c(C)cc(C)cc1C. The fourth-order valence-corrected chi connectivity index (χ4v) is 4.48. The van der Waals surface area contributed by atoms with E-state index in [1.165, 1.54) is 29.2 Å². The predicted octanol–water partition coefficient (Wildman–Crippen LogP) is 7.02. The molecular weight excluding hydrogens is 368 g/mol. The largest absolute Gasteiger partial charge is 0.425 e. The highest BCUT2D eigenvalue weighted by Gasteiger charge is 2.23. The van der Waals surface area contributed by atoms with Gasteiger partial charge in [0, 0.05) is 18.1 Å². The minimum Gasteiger partial charge on any atom is -0.425 e. The minimum absolute atomic E-state index is 0.319. The summed E-state index contributed by atoms with van der Waals surface area (Å²) in [7, 11) is 0. The summed E-state index contributed by atoms with van der Waals surface area (Å²) in [6.45, 7) is 14.1. The second-order valence-electron chi connectivity index (χ2n) is 8.21. The molecule has 0 aliphatic heterocycles. The molecule has 0 spiro atoms. The first-order valence-electron chi connectivity index (χ1n) is 10.3. The van der Waals surface area contributed by atoms with Gasteiger partial charge >= 0.3 is 5.97 Å². The van der Waals surface area contributed by atoms with Gasteiger partial charge in [-0.2, -0.15) is 0 Å². The number of hydrogen-bond donors (Lipinski definition) is 0. The summed E-state index contributed by atoms with van der Waals surface area (Å²) >= 11 is 0. The monoisotopic (exact) mass is 398 g/mol. The average molecular weight is 399 g/mol. The fraction of sp³-hybridized carbons (Fsp3) is 0.250. The van der Waals surface area contributed by atoms with Crippen LogP contribution < -0.4 is 0 Å². The zero-order chi connectivity index (χ0) is 22.0. The van der Waals surface area contributed by atoms with E-state index in [4.69, 9.17) is 4.74 Å².